The summed E-state index contributed by atoms with van der Waals surface area (Å²) < 4.78 is 0. The molecule has 4 heteroatoms. The number of hydrogen-bond donors (Lipinski definition) is 3. The van der Waals surface area contributed by atoms with Gasteiger partial charge in [-0.2, -0.15) is 0 Å². The fraction of sp³-hybridized carbons (Fsp3) is 0.400. The molecule has 0 bridgehead atoms. The van der Waals surface area contributed by atoms with Crippen LogP contribution in [-0.2, 0) is 5.60 Å². The third kappa shape index (κ3) is 1.59. The Labute approximate surface area is 87.9 Å². The predicted octanol–water partition coefficient (Wildman–Crippen LogP) is 1.10. The molecule has 3 nitrogen and oxygen atoms in total. The fourth-order valence-electron chi connectivity index (χ4n) is 1.84. The smallest absolute Gasteiger partial charge is 0.105 e. The van der Waals surface area contributed by atoms with Crippen LogP contribution in [0.2, 0.25) is 5.02 Å². The van der Waals surface area contributed by atoms with E-state index in [0.29, 0.717) is 23.7 Å². The molecule has 1 aromatic rings. The zero-order valence-electron chi connectivity index (χ0n) is 7.76. The summed E-state index contributed by atoms with van der Waals surface area (Å²) in [5.74, 6) is 0. The fourth-order valence-corrected chi connectivity index (χ4v) is 2.01. The molecule has 0 radical (unpaired) electrons. The molecule has 1 atom stereocenters. The highest BCUT2D eigenvalue weighted by molar-refractivity contribution is 6.30. The molecule has 0 spiro atoms. The lowest BCUT2D eigenvalue weighted by Gasteiger charge is -2.23. The Hall–Kier alpha value is -0.770. The van der Waals surface area contributed by atoms with Crippen molar-refractivity contribution in [3.8, 4) is 0 Å². The van der Waals surface area contributed by atoms with Crippen molar-refractivity contribution in [3.63, 3.8) is 0 Å². The van der Waals surface area contributed by atoms with E-state index in [2.05, 4.69) is 5.32 Å². The van der Waals surface area contributed by atoms with Crippen molar-refractivity contribution in [2.75, 3.05) is 18.8 Å². The second kappa shape index (κ2) is 3.42. The molecule has 1 unspecified atom stereocenters. The summed E-state index contributed by atoms with van der Waals surface area (Å²) in [5.41, 5.74) is 6.29. The molecule has 1 saturated heterocycles. The van der Waals surface area contributed by atoms with E-state index in [1.807, 2.05) is 0 Å². The molecule has 0 saturated carbocycles. The number of β-amino-alcohol motifs (C(OH)–C–C–N with tert-alkyl or cyclic N) is 1. The maximum Gasteiger partial charge on any atom is 0.105 e. The maximum atomic E-state index is 10.3. The first-order valence-corrected chi connectivity index (χ1v) is 4.98. The lowest BCUT2D eigenvalue weighted by atomic mass is 9.92. The summed E-state index contributed by atoms with van der Waals surface area (Å²) >= 11 is 5.87. The molecule has 1 fully saturated rings. The van der Waals surface area contributed by atoms with Crippen molar-refractivity contribution < 1.29 is 5.11 Å². The third-order valence-electron chi connectivity index (χ3n) is 2.65. The predicted molar refractivity (Wildman–Crippen MR) is 57.2 cm³/mol. The number of benzene rings is 1. The van der Waals surface area contributed by atoms with Crippen LogP contribution in [0.4, 0.5) is 5.69 Å². The number of nitrogen functional groups attached to an aromatic ring is 1. The number of nitrogens with two attached hydrogens (primary N) is 1. The van der Waals surface area contributed by atoms with Crippen LogP contribution < -0.4 is 11.1 Å². The van der Waals surface area contributed by atoms with Crippen LogP contribution in [0.1, 0.15) is 12.0 Å². The summed E-state index contributed by atoms with van der Waals surface area (Å²) in [5, 5.41) is 14.0. The van der Waals surface area contributed by atoms with Crippen molar-refractivity contribution in [1.82, 2.24) is 5.32 Å². The summed E-state index contributed by atoms with van der Waals surface area (Å²) in [6.45, 7) is 1.35. The molecule has 0 aromatic heterocycles. The van der Waals surface area contributed by atoms with E-state index in [0.717, 1.165) is 12.1 Å². The Bertz CT molecular complexity index is 348. The quantitative estimate of drug-likeness (QED) is 0.612. The van der Waals surface area contributed by atoms with Gasteiger partial charge in [-0.3, -0.25) is 0 Å². The molecular formula is C10H13ClN2O. The summed E-state index contributed by atoms with van der Waals surface area (Å²) in [7, 11) is 0. The van der Waals surface area contributed by atoms with Crippen LogP contribution in [0.15, 0.2) is 18.2 Å². The van der Waals surface area contributed by atoms with E-state index in [1.165, 1.54) is 0 Å². The summed E-state index contributed by atoms with van der Waals surface area (Å²) in [4.78, 5) is 0. The molecular weight excluding hydrogens is 200 g/mol. The van der Waals surface area contributed by atoms with E-state index < -0.39 is 5.60 Å². The Morgan fingerprint density at radius 1 is 1.50 bits per heavy atom. The van der Waals surface area contributed by atoms with Crippen LogP contribution in [0.3, 0.4) is 0 Å². The van der Waals surface area contributed by atoms with Gasteiger partial charge in [0.25, 0.3) is 0 Å². The normalized spacial score (nSPS) is 26.7. The number of hydrogen-bond acceptors (Lipinski definition) is 3. The minimum Gasteiger partial charge on any atom is -0.398 e. The molecule has 1 heterocycles. The number of rotatable bonds is 1. The van der Waals surface area contributed by atoms with E-state index in [-0.39, 0.29) is 0 Å². The third-order valence-corrected chi connectivity index (χ3v) is 2.88. The lowest BCUT2D eigenvalue weighted by molar-refractivity contribution is 0.0595. The largest absolute Gasteiger partial charge is 0.398 e. The van der Waals surface area contributed by atoms with E-state index in [9.17, 15) is 5.11 Å². The highest BCUT2D eigenvalue weighted by atomic mass is 35.5. The Morgan fingerprint density at radius 3 is 2.93 bits per heavy atom. The highest BCUT2D eigenvalue weighted by Gasteiger charge is 2.34. The Morgan fingerprint density at radius 2 is 2.29 bits per heavy atom. The first kappa shape index (κ1) is 9.77. The van der Waals surface area contributed by atoms with Crippen LogP contribution in [-0.4, -0.2) is 18.2 Å². The van der Waals surface area contributed by atoms with Crippen LogP contribution in [0, 0.1) is 0 Å². The maximum absolute atomic E-state index is 10.3. The van der Waals surface area contributed by atoms with Gasteiger partial charge in [0.1, 0.15) is 5.60 Å². The zero-order valence-corrected chi connectivity index (χ0v) is 8.51. The van der Waals surface area contributed by atoms with Crippen molar-refractivity contribution in [2.45, 2.75) is 12.0 Å². The van der Waals surface area contributed by atoms with Gasteiger partial charge in [0.05, 0.1) is 0 Å². The van der Waals surface area contributed by atoms with E-state index in [1.54, 1.807) is 18.2 Å². The SMILES string of the molecule is Nc1ccc(Cl)cc1C1(O)CCNC1. The Kier molecular flexibility index (Phi) is 2.39. The average molecular weight is 213 g/mol. The molecule has 2 rings (SSSR count). The minimum atomic E-state index is -0.852. The molecule has 14 heavy (non-hydrogen) atoms. The average Bonchev–Trinajstić information content (AvgIpc) is 2.58. The number of nitrogens with one attached hydrogen (secondary N) is 1. The van der Waals surface area contributed by atoms with Crippen LogP contribution in [0.5, 0.6) is 0 Å². The highest BCUT2D eigenvalue weighted by Crippen LogP contribution is 2.33. The van der Waals surface area contributed by atoms with Gasteiger partial charge in [-0.05, 0) is 31.2 Å². The van der Waals surface area contributed by atoms with E-state index in [4.69, 9.17) is 17.3 Å². The second-order valence-electron chi connectivity index (χ2n) is 3.69. The number of halogens is 1. The first-order chi connectivity index (χ1) is 6.62. The lowest BCUT2D eigenvalue weighted by Crippen LogP contribution is -2.29. The van der Waals surface area contributed by atoms with Gasteiger partial charge in [-0.1, -0.05) is 11.6 Å². The summed E-state index contributed by atoms with van der Waals surface area (Å²) in [6, 6.07) is 5.20. The number of aliphatic hydroxyl groups is 1. The van der Waals surface area contributed by atoms with Gasteiger partial charge < -0.3 is 16.2 Å². The van der Waals surface area contributed by atoms with Gasteiger partial charge in [-0.25, -0.2) is 0 Å². The minimum absolute atomic E-state index is 0.539. The zero-order chi connectivity index (χ0) is 10.2. The first-order valence-electron chi connectivity index (χ1n) is 4.60. The van der Waals surface area contributed by atoms with Gasteiger partial charge >= 0.3 is 0 Å². The molecule has 4 N–H and O–H groups in total. The van der Waals surface area contributed by atoms with Crippen molar-refractivity contribution in [3.05, 3.63) is 28.8 Å². The Balaban J connectivity index is 2.44. The monoisotopic (exact) mass is 212 g/mol. The summed E-state index contributed by atoms with van der Waals surface area (Å²) in [6.07, 6.45) is 0.678. The van der Waals surface area contributed by atoms with Crippen LogP contribution >= 0.6 is 11.6 Å². The molecule has 0 amide bonds. The molecule has 1 aromatic carbocycles. The molecule has 76 valence electrons. The van der Waals surface area contributed by atoms with Crippen molar-refractivity contribution in [2.24, 2.45) is 0 Å². The van der Waals surface area contributed by atoms with Crippen LogP contribution in [0.25, 0.3) is 0 Å². The van der Waals surface area contributed by atoms with E-state index >= 15 is 0 Å². The van der Waals surface area contributed by atoms with Gasteiger partial charge in [0, 0.05) is 22.8 Å². The topological polar surface area (TPSA) is 58.3 Å². The molecule has 1 aliphatic rings. The van der Waals surface area contributed by atoms with Crippen molar-refractivity contribution in [1.29, 1.82) is 0 Å². The van der Waals surface area contributed by atoms with Gasteiger partial charge in [0.15, 0.2) is 0 Å². The van der Waals surface area contributed by atoms with Gasteiger partial charge in [-0.15, -0.1) is 0 Å². The van der Waals surface area contributed by atoms with Crippen molar-refractivity contribution >= 4 is 17.3 Å². The second-order valence-corrected chi connectivity index (χ2v) is 4.13. The molecule has 1 aliphatic heterocycles. The molecule has 0 aliphatic carbocycles. The standard InChI is InChI=1S/C10H13ClN2O/c11-7-1-2-9(12)8(5-7)10(14)3-4-13-6-10/h1-2,5,13-14H,3-4,6,12H2. The van der Waals surface area contributed by atoms with Gasteiger partial charge in [0.2, 0.25) is 0 Å². The number of anilines is 1.